The quantitative estimate of drug-likeness (QED) is 0.674. The maximum absolute atomic E-state index is 12.6. The third-order valence-electron chi connectivity index (χ3n) is 3.66. The predicted molar refractivity (Wildman–Crippen MR) is 107 cm³/mol. The molecule has 0 unspecified atom stereocenters. The van der Waals surface area contributed by atoms with Crippen molar-refractivity contribution < 1.29 is 9.53 Å². The van der Waals surface area contributed by atoms with Gasteiger partial charge in [-0.05, 0) is 44.2 Å². The Balaban J connectivity index is 1.77. The smallest absolute Gasteiger partial charge is 0.274 e. The number of rotatable bonds is 6. The first-order valence-corrected chi connectivity index (χ1v) is 8.71. The van der Waals surface area contributed by atoms with E-state index in [0.29, 0.717) is 28.5 Å². The molecule has 1 aromatic heterocycles. The van der Waals surface area contributed by atoms with Gasteiger partial charge in [0.15, 0.2) is 0 Å². The number of nitrogens with zero attached hydrogens (tertiary/aromatic N) is 3. The van der Waals surface area contributed by atoms with Crippen molar-refractivity contribution >= 4 is 23.1 Å². The van der Waals surface area contributed by atoms with Gasteiger partial charge in [-0.15, -0.1) is 0 Å². The summed E-state index contributed by atoms with van der Waals surface area (Å²) in [5, 5.41) is 14.9. The molecule has 3 aromatic rings. The number of hydrogen-bond donors (Lipinski definition) is 2. The highest BCUT2D eigenvalue weighted by Crippen LogP contribution is 2.25. The third kappa shape index (κ3) is 4.83. The average molecular weight is 373 g/mol. The molecule has 3 rings (SSSR count). The van der Waals surface area contributed by atoms with Gasteiger partial charge in [0.2, 0.25) is 0 Å². The van der Waals surface area contributed by atoms with Crippen molar-refractivity contribution in [1.82, 2.24) is 9.97 Å². The Kier molecular flexibility index (Phi) is 5.82. The van der Waals surface area contributed by atoms with Gasteiger partial charge in [-0.25, -0.2) is 9.97 Å². The summed E-state index contributed by atoms with van der Waals surface area (Å²) in [4.78, 5) is 20.8. The fourth-order valence-electron chi connectivity index (χ4n) is 2.48. The Morgan fingerprint density at radius 2 is 1.93 bits per heavy atom. The van der Waals surface area contributed by atoms with Crippen LogP contribution in [0.15, 0.2) is 60.9 Å². The average Bonchev–Trinajstić information content (AvgIpc) is 2.69. The number of carbonyl (C=O) groups is 1. The molecule has 0 bridgehead atoms. The first kappa shape index (κ1) is 18.9. The van der Waals surface area contributed by atoms with Gasteiger partial charge in [-0.2, -0.15) is 5.26 Å². The maximum Gasteiger partial charge on any atom is 0.274 e. The summed E-state index contributed by atoms with van der Waals surface area (Å²) < 4.78 is 5.72. The highest BCUT2D eigenvalue weighted by atomic mass is 16.5. The van der Waals surface area contributed by atoms with Gasteiger partial charge in [0, 0.05) is 11.8 Å². The lowest BCUT2D eigenvalue weighted by molar-refractivity contribution is 0.102. The molecule has 0 aliphatic carbocycles. The zero-order valence-electron chi connectivity index (χ0n) is 15.5. The number of aromatic nitrogens is 2. The van der Waals surface area contributed by atoms with Crippen LogP contribution in [-0.2, 0) is 0 Å². The lowest BCUT2D eigenvalue weighted by Gasteiger charge is -2.14. The zero-order chi connectivity index (χ0) is 19.9. The molecule has 0 radical (unpaired) electrons. The van der Waals surface area contributed by atoms with Crippen LogP contribution >= 0.6 is 0 Å². The van der Waals surface area contributed by atoms with E-state index in [1.54, 1.807) is 36.4 Å². The first-order valence-electron chi connectivity index (χ1n) is 8.71. The summed E-state index contributed by atoms with van der Waals surface area (Å²) in [6, 6.07) is 17.8. The normalized spacial score (nSPS) is 10.2. The number of para-hydroxylation sites is 2. The van der Waals surface area contributed by atoms with E-state index in [0.717, 1.165) is 0 Å². The number of hydrogen-bond acceptors (Lipinski definition) is 6. The lowest BCUT2D eigenvalue weighted by atomic mass is 10.2. The lowest BCUT2D eigenvalue weighted by Crippen LogP contribution is -2.16. The number of ether oxygens (including phenoxy) is 1. The van der Waals surface area contributed by atoms with E-state index in [1.807, 2.05) is 32.0 Å². The van der Waals surface area contributed by atoms with Crippen LogP contribution in [0.3, 0.4) is 0 Å². The van der Waals surface area contributed by atoms with Crippen LogP contribution in [0.5, 0.6) is 5.75 Å². The standard InChI is InChI=1S/C21H19N5O2/c1-14(2)28-19-9-4-3-8-17(19)26-21(27)18-11-20(24-13-23-18)25-16-7-5-6-15(10-16)12-22/h3-11,13-14H,1-2H3,(H,26,27)(H,23,24,25). The number of nitrogens with one attached hydrogen (secondary N) is 2. The molecular weight excluding hydrogens is 354 g/mol. The van der Waals surface area contributed by atoms with Gasteiger partial charge in [0.05, 0.1) is 23.4 Å². The Hall–Kier alpha value is -3.92. The van der Waals surface area contributed by atoms with Crippen LogP contribution in [0.2, 0.25) is 0 Å². The molecule has 28 heavy (non-hydrogen) atoms. The Morgan fingerprint density at radius 3 is 2.71 bits per heavy atom. The van der Waals surface area contributed by atoms with Crippen molar-refractivity contribution in [3.63, 3.8) is 0 Å². The highest BCUT2D eigenvalue weighted by molar-refractivity contribution is 6.04. The van der Waals surface area contributed by atoms with Crippen LogP contribution in [-0.4, -0.2) is 22.0 Å². The van der Waals surface area contributed by atoms with Crippen LogP contribution < -0.4 is 15.4 Å². The molecule has 7 heteroatoms. The summed E-state index contributed by atoms with van der Waals surface area (Å²) in [6.07, 6.45) is 1.29. The fourth-order valence-corrected chi connectivity index (χ4v) is 2.48. The van der Waals surface area contributed by atoms with Gasteiger partial charge < -0.3 is 15.4 Å². The van der Waals surface area contributed by atoms with Crippen molar-refractivity contribution in [1.29, 1.82) is 5.26 Å². The fraction of sp³-hybridized carbons (Fsp3) is 0.143. The van der Waals surface area contributed by atoms with E-state index in [1.165, 1.54) is 6.33 Å². The number of anilines is 3. The Bertz CT molecular complexity index is 1030. The van der Waals surface area contributed by atoms with Gasteiger partial charge in [0.25, 0.3) is 5.91 Å². The number of nitriles is 1. The first-order chi connectivity index (χ1) is 13.5. The number of carbonyl (C=O) groups excluding carboxylic acids is 1. The highest BCUT2D eigenvalue weighted by Gasteiger charge is 2.13. The van der Waals surface area contributed by atoms with E-state index in [-0.39, 0.29) is 17.7 Å². The van der Waals surface area contributed by atoms with Gasteiger partial charge in [0.1, 0.15) is 23.6 Å². The van der Waals surface area contributed by atoms with Gasteiger partial charge in [-0.3, -0.25) is 4.79 Å². The summed E-state index contributed by atoms with van der Waals surface area (Å²) in [6.45, 7) is 3.84. The molecular formula is C21H19N5O2. The summed E-state index contributed by atoms with van der Waals surface area (Å²) in [5.41, 5.74) is 1.99. The van der Waals surface area contributed by atoms with Crippen molar-refractivity contribution in [3.05, 3.63) is 72.2 Å². The zero-order valence-corrected chi connectivity index (χ0v) is 15.5. The molecule has 0 aliphatic heterocycles. The van der Waals surface area contributed by atoms with Crippen LogP contribution in [0, 0.1) is 11.3 Å². The molecule has 2 aromatic carbocycles. The molecule has 0 atom stereocenters. The summed E-state index contributed by atoms with van der Waals surface area (Å²) in [7, 11) is 0. The maximum atomic E-state index is 12.6. The third-order valence-corrected chi connectivity index (χ3v) is 3.66. The monoisotopic (exact) mass is 373 g/mol. The summed E-state index contributed by atoms with van der Waals surface area (Å²) in [5.74, 6) is 0.657. The molecule has 0 fully saturated rings. The van der Waals surface area contributed by atoms with E-state index in [2.05, 4.69) is 26.7 Å². The van der Waals surface area contributed by atoms with E-state index in [9.17, 15) is 4.79 Å². The van der Waals surface area contributed by atoms with Crippen molar-refractivity contribution in [2.24, 2.45) is 0 Å². The summed E-state index contributed by atoms with van der Waals surface area (Å²) >= 11 is 0. The van der Waals surface area contributed by atoms with Gasteiger partial charge in [-0.1, -0.05) is 18.2 Å². The topological polar surface area (TPSA) is 99.9 Å². The molecule has 140 valence electrons. The minimum Gasteiger partial charge on any atom is -0.489 e. The Morgan fingerprint density at radius 1 is 1.11 bits per heavy atom. The second-order valence-corrected chi connectivity index (χ2v) is 6.22. The van der Waals surface area contributed by atoms with E-state index < -0.39 is 0 Å². The van der Waals surface area contributed by atoms with Crippen molar-refractivity contribution in [3.8, 4) is 11.8 Å². The molecule has 7 nitrogen and oxygen atoms in total. The van der Waals surface area contributed by atoms with E-state index in [4.69, 9.17) is 10.00 Å². The molecule has 0 saturated carbocycles. The molecule has 1 amide bonds. The second-order valence-electron chi connectivity index (χ2n) is 6.22. The predicted octanol–water partition coefficient (Wildman–Crippen LogP) is 4.13. The number of amides is 1. The van der Waals surface area contributed by atoms with Crippen molar-refractivity contribution in [2.75, 3.05) is 10.6 Å². The van der Waals surface area contributed by atoms with Crippen molar-refractivity contribution in [2.45, 2.75) is 20.0 Å². The largest absolute Gasteiger partial charge is 0.489 e. The molecule has 0 aliphatic rings. The molecule has 0 spiro atoms. The molecule has 0 saturated heterocycles. The SMILES string of the molecule is CC(C)Oc1ccccc1NC(=O)c1cc(Nc2cccc(C#N)c2)ncn1. The van der Waals surface area contributed by atoms with Crippen LogP contribution in [0.1, 0.15) is 29.9 Å². The molecule has 1 heterocycles. The van der Waals surface area contributed by atoms with Crippen LogP contribution in [0.25, 0.3) is 0 Å². The van der Waals surface area contributed by atoms with E-state index >= 15 is 0 Å². The minimum absolute atomic E-state index is 0.0166. The second kappa shape index (κ2) is 8.64. The minimum atomic E-state index is -0.379. The van der Waals surface area contributed by atoms with Gasteiger partial charge >= 0.3 is 0 Å². The number of benzene rings is 2. The molecule has 2 N–H and O–H groups in total. The Labute approximate surface area is 163 Å². The van der Waals surface area contributed by atoms with Crippen LogP contribution in [0.4, 0.5) is 17.2 Å².